The molecular formula is C22H27ClN2O4S. The molecule has 0 saturated carbocycles. The Labute approximate surface area is 183 Å². The van der Waals surface area contributed by atoms with Gasteiger partial charge < -0.3 is 10.1 Å². The number of nitrogens with zero attached hydrogens (tertiary/aromatic N) is 1. The lowest BCUT2D eigenvalue weighted by molar-refractivity contribution is -0.122. The number of hydrogen-bond donors (Lipinski definition) is 1. The van der Waals surface area contributed by atoms with Crippen molar-refractivity contribution in [2.45, 2.75) is 25.4 Å². The molecule has 1 unspecified atom stereocenters. The van der Waals surface area contributed by atoms with E-state index >= 15 is 0 Å². The van der Waals surface area contributed by atoms with Crippen molar-refractivity contribution in [3.63, 3.8) is 0 Å². The summed E-state index contributed by atoms with van der Waals surface area (Å²) in [5, 5.41) is 3.63. The lowest BCUT2D eigenvalue weighted by Gasteiger charge is -2.27. The van der Waals surface area contributed by atoms with E-state index < -0.39 is 9.84 Å². The summed E-state index contributed by atoms with van der Waals surface area (Å²) in [5.41, 5.74) is 2.10. The topological polar surface area (TPSA) is 75.7 Å². The Balaban J connectivity index is 1.59. The molecule has 2 aromatic rings. The van der Waals surface area contributed by atoms with Gasteiger partial charge >= 0.3 is 0 Å². The molecular weight excluding hydrogens is 424 g/mol. The van der Waals surface area contributed by atoms with E-state index in [-0.39, 0.29) is 30.0 Å². The first-order valence-electron chi connectivity index (χ1n) is 9.93. The summed E-state index contributed by atoms with van der Waals surface area (Å²) in [7, 11) is -1.43. The lowest BCUT2D eigenvalue weighted by Crippen LogP contribution is -2.43. The Morgan fingerprint density at radius 2 is 1.80 bits per heavy atom. The van der Waals surface area contributed by atoms with Crippen molar-refractivity contribution < 1.29 is 17.9 Å². The van der Waals surface area contributed by atoms with E-state index in [1.54, 1.807) is 7.11 Å². The summed E-state index contributed by atoms with van der Waals surface area (Å²) in [6.45, 7) is 1.18. The molecule has 0 spiro atoms. The number of halogens is 1. The average Bonchev–Trinajstić information content (AvgIpc) is 3.09. The third-order valence-corrected chi connectivity index (χ3v) is 7.27. The molecule has 1 atom stereocenters. The zero-order valence-electron chi connectivity index (χ0n) is 17.0. The van der Waals surface area contributed by atoms with Crippen LogP contribution in [0, 0.1) is 0 Å². The van der Waals surface area contributed by atoms with Crippen molar-refractivity contribution in [1.29, 1.82) is 0 Å². The van der Waals surface area contributed by atoms with E-state index in [0.29, 0.717) is 31.0 Å². The molecule has 30 heavy (non-hydrogen) atoms. The van der Waals surface area contributed by atoms with Crippen LogP contribution < -0.4 is 10.1 Å². The molecule has 1 heterocycles. The molecule has 1 aliphatic rings. The largest absolute Gasteiger partial charge is 0.497 e. The first kappa shape index (κ1) is 22.6. The predicted octanol–water partition coefficient (Wildman–Crippen LogP) is 2.70. The fraction of sp³-hybridized carbons (Fsp3) is 0.409. The maximum Gasteiger partial charge on any atom is 0.234 e. The summed E-state index contributed by atoms with van der Waals surface area (Å²) >= 11 is 5.89. The SMILES string of the molecule is COc1ccc(CN(CC(=O)NCCc2ccc(Cl)cc2)C2CCS(=O)(=O)C2)cc1. The van der Waals surface area contributed by atoms with Crippen molar-refractivity contribution in [3.05, 3.63) is 64.7 Å². The normalized spacial score (nSPS) is 17.8. The fourth-order valence-electron chi connectivity index (χ4n) is 3.58. The van der Waals surface area contributed by atoms with Gasteiger partial charge in [0.1, 0.15) is 5.75 Å². The Kier molecular flexibility index (Phi) is 7.75. The summed E-state index contributed by atoms with van der Waals surface area (Å²) in [5.74, 6) is 0.923. The number of amides is 1. The quantitative estimate of drug-likeness (QED) is 0.635. The maximum absolute atomic E-state index is 12.6. The third kappa shape index (κ3) is 6.72. The zero-order valence-corrected chi connectivity index (χ0v) is 18.6. The molecule has 1 fully saturated rings. The second-order valence-corrected chi connectivity index (χ2v) is 10.2. The fourth-order valence-corrected chi connectivity index (χ4v) is 5.47. The average molecular weight is 451 g/mol. The van der Waals surface area contributed by atoms with Crippen LogP contribution in [0.5, 0.6) is 5.75 Å². The number of ether oxygens (including phenoxy) is 1. The van der Waals surface area contributed by atoms with E-state index in [0.717, 1.165) is 16.9 Å². The van der Waals surface area contributed by atoms with Gasteiger partial charge in [0.05, 0.1) is 25.2 Å². The highest BCUT2D eigenvalue weighted by atomic mass is 35.5. The van der Waals surface area contributed by atoms with Crippen LogP contribution in [-0.2, 0) is 27.6 Å². The standard InChI is InChI=1S/C22H27ClN2O4S/c1-29-21-8-4-18(5-9-21)14-25(20-11-13-30(27,28)16-20)15-22(26)24-12-10-17-2-6-19(23)7-3-17/h2-9,20H,10-16H2,1H3,(H,24,26). The van der Waals surface area contributed by atoms with Crippen molar-refractivity contribution in [1.82, 2.24) is 10.2 Å². The highest BCUT2D eigenvalue weighted by Gasteiger charge is 2.33. The molecule has 3 rings (SSSR count). The van der Waals surface area contributed by atoms with Crippen molar-refractivity contribution in [3.8, 4) is 5.75 Å². The number of rotatable bonds is 9. The summed E-state index contributed by atoms with van der Waals surface area (Å²) in [6.07, 6.45) is 1.26. The Morgan fingerprint density at radius 1 is 1.13 bits per heavy atom. The Hall–Kier alpha value is -2.09. The Morgan fingerprint density at radius 3 is 2.40 bits per heavy atom. The first-order chi connectivity index (χ1) is 14.3. The number of benzene rings is 2. The van der Waals surface area contributed by atoms with Gasteiger partial charge in [-0.05, 0) is 48.2 Å². The number of sulfone groups is 1. The molecule has 0 aromatic heterocycles. The van der Waals surface area contributed by atoms with Crippen LogP contribution in [0.2, 0.25) is 5.02 Å². The summed E-state index contributed by atoms with van der Waals surface area (Å²) in [4.78, 5) is 14.5. The van der Waals surface area contributed by atoms with Crippen LogP contribution in [0.15, 0.2) is 48.5 Å². The predicted molar refractivity (Wildman–Crippen MR) is 119 cm³/mol. The van der Waals surface area contributed by atoms with Gasteiger partial charge in [-0.1, -0.05) is 35.9 Å². The van der Waals surface area contributed by atoms with Crippen molar-refractivity contribution in [2.24, 2.45) is 0 Å². The molecule has 8 heteroatoms. The zero-order chi connectivity index (χ0) is 21.6. The Bertz CT molecular complexity index is 946. The number of carbonyl (C=O) groups excluding carboxylic acids is 1. The summed E-state index contributed by atoms with van der Waals surface area (Å²) < 4.78 is 29.1. The van der Waals surface area contributed by atoms with Gasteiger partial charge in [0, 0.05) is 24.2 Å². The minimum absolute atomic E-state index is 0.0984. The van der Waals surface area contributed by atoms with Gasteiger partial charge in [0.15, 0.2) is 9.84 Å². The minimum Gasteiger partial charge on any atom is -0.497 e. The van der Waals surface area contributed by atoms with Crippen LogP contribution in [0.1, 0.15) is 17.5 Å². The van der Waals surface area contributed by atoms with Crippen LogP contribution >= 0.6 is 11.6 Å². The van der Waals surface area contributed by atoms with E-state index in [4.69, 9.17) is 16.3 Å². The summed E-state index contributed by atoms with van der Waals surface area (Å²) in [6, 6.07) is 15.0. The van der Waals surface area contributed by atoms with Gasteiger partial charge in [-0.25, -0.2) is 8.42 Å². The lowest BCUT2D eigenvalue weighted by atomic mass is 10.1. The molecule has 1 aliphatic heterocycles. The maximum atomic E-state index is 12.6. The highest BCUT2D eigenvalue weighted by Crippen LogP contribution is 2.21. The monoisotopic (exact) mass is 450 g/mol. The minimum atomic E-state index is -3.04. The molecule has 0 radical (unpaired) electrons. The van der Waals surface area contributed by atoms with E-state index in [9.17, 15) is 13.2 Å². The van der Waals surface area contributed by atoms with Crippen LogP contribution in [0.3, 0.4) is 0 Å². The molecule has 1 N–H and O–H groups in total. The van der Waals surface area contributed by atoms with E-state index in [1.807, 2.05) is 53.4 Å². The van der Waals surface area contributed by atoms with Crippen molar-refractivity contribution >= 4 is 27.3 Å². The van der Waals surface area contributed by atoms with Crippen molar-refractivity contribution in [2.75, 3.05) is 31.7 Å². The van der Waals surface area contributed by atoms with Gasteiger partial charge in [0.2, 0.25) is 5.91 Å². The molecule has 0 aliphatic carbocycles. The highest BCUT2D eigenvalue weighted by molar-refractivity contribution is 7.91. The molecule has 6 nitrogen and oxygen atoms in total. The van der Waals surface area contributed by atoms with Crippen LogP contribution in [0.4, 0.5) is 0 Å². The molecule has 1 amide bonds. The molecule has 0 bridgehead atoms. The molecule has 2 aromatic carbocycles. The number of methoxy groups -OCH3 is 1. The molecule has 162 valence electrons. The second-order valence-electron chi connectivity index (χ2n) is 7.54. The van der Waals surface area contributed by atoms with Gasteiger partial charge in [-0.15, -0.1) is 0 Å². The van der Waals surface area contributed by atoms with E-state index in [2.05, 4.69) is 5.32 Å². The van der Waals surface area contributed by atoms with Gasteiger partial charge in [-0.2, -0.15) is 0 Å². The second kappa shape index (κ2) is 10.3. The number of nitrogens with one attached hydrogen (secondary N) is 1. The van der Waals surface area contributed by atoms with Crippen LogP contribution in [0.25, 0.3) is 0 Å². The van der Waals surface area contributed by atoms with Crippen LogP contribution in [-0.4, -0.2) is 57.0 Å². The number of hydrogen-bond acceptors (Lipinski definition) is 5. The number of carbonyl (C=O) groups is 1. The smallest absolute Gasteiger partial charge is 0.234 e. The van der Waals surface area contributed by atoms with Gasteiger partial charge in [0.25, 0.3) is 0 Å². The van der Waals surface area contributed by atoms with E-state index in [1.165, 1.54) is 0 Å². The van der Waals surface area contributed by atoms with Gasteiger partial charge in [-0.3, -0.25) is 9.69 Å². The first-order valence-corrected chi connectivity index (χ1v) is 12.1. The third-order valence-electron chi connectivity index (χ3n) is 5.27. The molecule has 1 saturated heterocycles.